The number of hydrogen-bond donors (Lipinski definition) is 1. The zero-order valence-corrected chi connectivity index (χ0v) is 9.91. The van der Waals surface area contributed by atoms with Gasteiger partial charge in [-0.1, -0.05) is 0 Å². The molecule has 1 atom stereocenters. The van der Waals surface area contributed by atoms with Crippen molar-refractivity contribution in [3.05, 3.63) is 35.1 Å². The maximum Gasteiger partial charge on any atom is 0.127 e. The van der Waals surface area contributed by atoms with Gasteiger partial charge in [0, 0.05) is 31.2 Å². The number of nitrogens with zero attached hydrogens (tertiary/aromatic N) is 2. The zero-order valence-electron chi connectivity index (χ0n) is 9.91. The normalized spacial score (nSPS) is 20.4. The molecule has 2 rings (SSSR count). The van der Waals surface area contributed by atoms with Crippen molar-refractivity contribution in [3.63, 3.8) is 0 Å². The first-order chi connectivity index (χ1) is 8.22. The fourth-order valence-electron chi connectivity index (χ4n) is 2.22. The molecule has 1 aromatic rings. The molecule has 0 radical (unpaired) electrons. The summed E-state index contributed by atoms with van der Waals surface area (Å²) in [5.41, 5.74) is 1.13. The quantitative estimate of drug-likeness (QED) is 0.859. The molecule has 1 fully saturated rings. The van der Waals surface area contributed by atoms with E-state index in [2.05, 4.69) is 10.2 Å². The maximum absolute atomic E-state index is 13.6. The third kappa shape index (κ3) is 2.82. The van der Waals surface area contributed by atoms with Crippen LogP contribution in [0, 0.1) is 17.1 Å². The minimum atomic E-state index is -0.225. The van der Waals surface area contributed by atoms with Gasteiger partial charge in [0.2, 0.25) is 0 Å². The summed E-state index contributed by atoms with van der Waals surface area (Å²) in [5, 5.41) is 12.0. The molecule has 0 aliphatic carbocycles. The summed E-state index contributed by atoms with van der Waals surface area (Å²) in [6, 6.07) is 7.07. The lowest BCUT2D eigenvalue weighted by atomic mass is 10.1. The fraction of sp³-hybridized carbons (Fsp3) is 0.462. The highest BCUT2D eigenvalue weighted by Crippen LogP contribution is 2.16. The lowest BCUT2D eigenvalue weighted by Gasteiger charge is -2.16. The second kappa shape index (κ2) is 5.26. The molecule has 1 aliphatic heterocycles. The number of hydrogen-bond acceptors (Lipinski definition) is 3. The summed E-state index contributed by atoms with van der Waals surface area (Å²) in [4.78, 5) is 2.21. The van der Waals surface area contributed by atoms with Crippen LogP contribution in [0.15, 0.2) is 18.2 Å². The zero-order chi connectivity index (χ0) is 12.3. The molecular weight excluding hydrogens is 217 g/mol. The van der Waals surface area contributed by atoms with Crippen molar-refractivity contribution in [2.45, 2.75) is 19.0 Å². The molecule has 0 amide bonds. The first-order valence-corrected chi connectivity index (χ1v) is 5.81. The maximum atomic E-state index is 13.6. The number of rotatable bonds is 3. The first kappa shape index (κ1) is 12.0. The number of nitrogens with one attached hydrogen (secondary N) is 1. The van der Waals surface area contributed by atoms with Crippen LogP contribution in [0.25, 0.3) is 0 Å². The van der Waals surface area contributed by atoms with E-state index in [-0.39, 0.29) is 5.82 Å². The summed E-state index contributed by atoms with van der Waals surface area (Å²) < 4.78 is 13.6. The summed E-state index contributed by atoms with van der Waals surface area (Å²) in [6.07, 6.45) is 1.09. The van der Waals surface area contributed by atoms with E-state index in [1.54, 1.807) is 6.07 Å². The highest BCUT2D eigenvalue weighted by molar-refractivity contribution is 5.33. The SMILES string of the molecule is CNC1CCN(Cc2cc(C#N)ccc2F)C1. The van der Waals surface area contributed by atoms with Gasteiger partial charge in [-0.25, -0.2) is 4.39 Å². The summed E-state index contributed by atoms with van der Waals surface area (Å²) in [6.45, 7) is 2.49. The summed E-state index contributed by atoms with van der Waals surface area (Å²) >= 11 is 0. The van der Waals surface area contributed by atoms with Crippen LogP contribution >= 0.6 is 0 Å². The molecule has 1 heterocycles. The van der Waals surface area contributed by atoms with Crippen LogP contribution in [0.2, 0.25) is 0 Å². The minimum absolute atomic E-state index is 0.225. The predicted octanol–water partition coefficient (Wildman–Crippen LogP) is 1.49. The van der Waals surface area contributed by atoms with Gasteiger partial charge in [0.1, 0.15) is 5.82 Å². The minimum Gasteiger partial charge on any atom is -0.316 e. The smallest absolute Gasteiger partial charge is 0.127 e. The van der Waals surface area contributed by atoms with Gasteiger partial charge < -0.3 is 5.32 Å². The molecule has 0 bridgehead atoms. The average Bonchev–Trinajstić information content (AvgIpc) is 2.80. The third-order valence-corrected chi connectivity index (χ3v) is 3.25. The Hall–Kier alpha value is -1.44. The first-order valence-electron chi connectivity index (χ1n) is 5.81. The van der Waals surface area contributed by atoms with Crippen LogP contribution in [0.1, 0.15) is 17.5 Å². The summed E-state index contributed by atoms with van der Waals surface area (Å²) in [7, 11) is 1.95. The van der Waals surface area contributed by atoms with E-state index < -0.39 is 0 Å². The van der Waals surface area contributed by atoms with Crippen molar-refractivity contribution >= 4 is 0 Å². The van der Waals surface area contributed by atoms with E-state index >= 15 is 0 Å². The largest absolute Gasteiger partial charge is 0.316 e. The van der Waals surface area contributed by atoms with Gasteiger partial charge >= 0.3 is 0 Å². The Morgan fingerprint density at radius 2 is 2.41 bits per heavy atom. The van der Waals surface area contributed by atoms with Gasteiger partial charge in [-0.2, -0.15) is 5.26 Å². The van der Waals surface area contributed by atoms with Crippen LogP contribution in [0.5, 0.6) is 0 Å². The van der Waals surface area contributed by atoms with Crippen molar-refractivity contribution in [2.24, 2.45) is 0 Å². The van der Waals surface area contributed by atoms with Gasteiger partial charge in [0.05, 0.1) is 11.6 Å². The monoisotopic (exact) mass is 233 g/mol. The number of benzene rings is 1. The van der Waals surface area contributed by atoms with Gasteiger partial charge in [0.15, 0.2) is 0 Å². The number of nitriles is 1. The molecule has 0 saturated carbocycles. The molecule has 1 saturated heterocycles. The van der Waals surface area contributed by atoms with Gasteiger partial charge in [-0.05, 0) is 31.7 Å². The molecule has 3 nitrogen and oxygen atoms in total. The van der Waals surface area contributed by atoms with Crippen LogP contribution < -0.4 is 5.32 Å². The van der Waals surface area contributed by atoms with E-state index in [0.29, 0.717) is 23.7 Å². The van der Waals surface area contributed by atoms with Gasteiger partial charge in [-0.3, -0.25) is 4.90 Å². The van der Waals surface area contributed by atoms with Crippen molar-refractivity contribution in [1.29, 1.82) is 5.26 Å². The molecule has 1 aliphatic rings. The second-order valence-electron chi connectivity index (χ2n) is 4.43. The Morgan fingerprint density at radius 3 is 3.06 bits per heavy atom. The van der Waals surface area contributed by atoms with Crippen LogP contribution in [0.3, 0.4) is 0 Å². The number of likely N-dealkylation sites (N-methyl/N-ethyl adjacent to an activating group) is 1. The summed E-state index contributed by atoms with van der Waals surface area (Å²) in [5.74, 6) is -0.225. The molecule has 4 heteroatoms. The van der Waals surface area contributed by atoms with Crippen molar-refractivity contribution < 1.29 is 4.39 Å². The molecular formula is C13H16FN3. The number of halogens is 1. The van der Waals surface area contributed by atoms with E-state index in [1.165, 1.54) is 12.1 Å². The Labute approximate surface area is 101 Å². The van der Waals surface area contributed by atoms with E-state index in [4.69, 9.17) is 5.26 Å². The Kier molecular flexibility index (Phi) is 3.72. The van der Waals surface area contributed by atoms with Crippen molar-refractivity contribution in [1.82, 2.24) is 10.2 Å². The fourth-order valence-corrected chi connectivity index (χ4v) is 2.22. The average molecular weight is 233 g/mol. The highest BCUT2D eigenvalue weighted by Gasteiger charge is 2.21. The van der Waals surface area contributed by atoms with Crippen molar-refractivity contribution in [2.75, 3.05) is 20.1 Å². The third-order valence-electron chi connectivity index (χ3n) is 3.25. The van der Waals surface area contributed by atoms with E-state index in [1.807, 2.05) is 13.1 Å². The van der Waals surface area contributed by atoms with Crippen LogP contribution in [0.4, 0.5) is 4.39 Å². The topological polar surface area (TPSA) is 39.1 Å². The molecule has 0 aromatic heterocycles. The lowest BCUT2D eigenvalue weighted by Crippen LogP contribution is -2.29. The Balaban J connectivity index is 2.06. The highest BCUT2D eigenvalue weighted by atomic mass is 19.1. The lowest BCUT2D eigenvalue weighted by molar-refractivity contribution is 0.317. The Morgan fingerprint density at radius 1 is 1.59 bits per heavy atom. The van der Waals surface area contributed by atoms with Gasteiger partial charge in [0.25, 0.3) is 0 Å². The molecule has 17 heavy (non-hydrogen) atoms. The second-order valence-corrected chi connectivity index (χ2v) is 4.43. The van der Waals surface area contributed by atoms with Crippen LogP contribution in [-0.4, -0.2) is 31.1 Å². The van der Waals surface area contributed by atoms with Gasteiger partial charge in [-0.15, -0.1) is 0 Å². The van der Waals surface area contributed by atoms with E-state index in [9.17, 15) is 4.39 Å². The van der Waals surface area contributed by atoms with Crippen LogP contribution in [-0.2, 0) is 6.54 Å². The molecule has 0 spiro atoms. The molecule has 1 unspecified atom stereocenters. The number of likely N-dealkylation sites (tertiary alicyclic amines) is 1. The standard InChI is InChI=1S/C13H16FN3/c1-16-12-4-5-17(9-12)8-11-6-10(7-15)2-3-13(11)14/h2-3,6,12,16H,4-5,8-9H2,1H3. The van der Waals surface area contributed by atoms with E-state index in [0.717, 1.165) is 19.5 Å². The van der Waals surface area contributed by atoms with Crippen molar-refractivity contribution in [3.8, 4) is 6.07 Å². The predicted molar refractivity (Wildman–Crippen MR) is 63.9 cm³/mol. The molecule has 90 valence electrons. The Bertz CT molecular complexity index is 439. The molecule has 1 aromatic carbocycles. The molecule has 1 N–H and O–H groups in total.